The van der Waals surface area contributed by atoms with Crippen molar-refractivity contribution in [2.75, 3.05) is 0 Å². The third-order valence-corrected chi connectivity index (χ3v) is 13.8. The SMILES string of the molecule is O=C1C2C(C(=O)C3C1C1C4C=CCCC4C3C3CCCCC31)C1C3=CCCCC3C2C2CCC=CC21. The molecule has 0 radical (unpaired) electrons. The molecule has 190 valence electrons. The van der Waals surface area contributed by atoms with Gasteiger partial charge in [-0.2, -0.15) is 0 Å². The van der Waals surface area contributed by atoms with Gasteiger partial charge in [-0.1, -0.05) is 48.8 Å². The molecule has 15 atom stereocenters. The van der Waals surface area contributed by atoms with E-state index in [2.05, 4.69) is 30.4 Å². The van der Waals surface area contributed by atoms with Crippen molar-refractivity contribution < 1.29 is 9.59 Å². The van der Waals surface area contributed by atoms with E-state index in [1.165, 1.54) is 70.6 Å². The van der Waals surface area contributed by atoms with Gasteiger partial charge in [-0.05, 0) is 123 Å². The van der Waals surface area contributed by atoms with Crippen LogP contribution in [-0.4, -0.2) is 11.6 Å². The van der Waals surface area contributed by atoms with Crippen molar-refractivity contribution in [3.8, 4) is 0 Å². The van der Waals surface area contributed by atoms with Gasteiger partial charge in [0.2, 0.25) is 0 Å². The highest BCUT2D eigenvalue weighted by Crippen LogP contribution is 2.72. The monoisotopic (exact) mass is 482 g/mol. The summed E-state index contributed by atoms with van der Waals surface area (Å²) >= 11 is 0. The second-order valence-electron chi connectivity index (χ2n) is 14.5. The fraction of sp³-hybridized carbons (Fsp3) is 0.765. The van der Waals surface area contributed by atoms with Crippen molar-refractivity contribution in [3.05, 3.63) is 36.0 Å². The number of hydrogen-bond acceptors (Lipinski definition) is 2. The Bertz CT molecular complexity index is 1090. The molecular weight excluding hydrogens is 440 g/mol. The third kappa shape index (κ3) is 2.47. The predicted molar refractivity (Wildman–Crippen MR) is 140 cm³/mol. The first-order valence-electron chi connectivity index (χ1n) is 15.9. The zero-order valence-corrected chi connectivity index (χ0v) is 21.6. The maximum atomic E-state index is 15.0. The van der Waals surface area contributed by atoms with Crippen LogP contribution in [0, 0.1) is 88.8 Å². The van der Waals surface area contributed by atoms with Crippen LogP contribution in [0.4, 0.5) is 0 Å². The fourth-order valence-electron chi connectivity index (χ4n) is 13.3. The Hall–Kier alpha value is -1.44. The van der Waals surface area contributed by atoms with Gasteiger partial charge in [-0.25, -0.2) is 0 Å². The Morgan fingerprint density at radius 3 is 1.97 bits per heavy atom. The topological polar surface area (TPSA) is 34.1 Å². The van der Waals surface area contributed by atoms with Crippen LogP contribution in [0.15, 0.2) is 36.0 Å². The van der Waals surface area contributed by atoms with E-state index in [0.717, 1.165) is 5.92 Å². The van der Waals surface area contributed by atoms with E-state index in [4.69, 9.17) is 0 Å². The summed E-state index contributed by atoms with van der Waals surface area (Å²) in [6, 6.07) is 0. The number of carbonyl (C=O) groups excluding carboxylic acids is 2. The summed E-state index contributed by atoms with van der Waals surface area (Å²) in [6.07, 6.45) is 26.3. The number of allylic oxidation sites excluding steroid dienone is 6. The van der Waals surface area contributed by atoms with Gasteiger partial charge in [0.05, 0.1) is 0 Å². The number of hydrogen-bond donors (Lipinski definition) is 0. The Kier molecular flexibility index (Phi) is 4.52. The van der Waals surface area contributed by atoms with Gasteiger partial charge in [-0.15, -0.1) is 0 Å². The van der Waals surface area contributed by atoms with E-state index in [-0.39, 0.29) is 23.7 Å². The molecule has 0 aromatic carbocycles. The molecule has 4 bridgehead atoms. The van der Waals surface area contributed by atoms with Gasteiger partial charge in [-0.3, -0.25) is 9.59 Å². The van der Waals surface area contributed by atoms with Crippen molar-refractivity contribution in [2.24, 2.45) is 88.8 Å². The lowest BCUT2D eigenvalue weighted by Gasteiger charge is -2.69. The summed E-state index contributed by atoms with van der Waals surface area (Å²) in [5.41, 5.74) is 1.63. The van der Waals surface area contributed by atoms with E-state index in [1.807, 2.05) is 0 Å². The molecule has 15 unspecified atom stereocenters. The third-order valence-electron chi connectivity index (χ3n) is 13.8. The highest BCUT2D eigenvalue weighted by molar-refractivity contribution is 6.01. The van der Waals surface area contributed by atoms with E-state index in [1.54, 1.807) is 5.57 Å². The zero-order chi connectivity index (χ0) is 23.7. The van der Waals surface area contributed by atoms with Crippen LogP contribution in [0.5, 0.6) is 0 Å². The first-order valence-corrected chi connectivity index (χ1v) is 15.9. The van der Waals surface area contributed by atoms with Gasteiger partial charge < -0.3 is 0 Å². The van der Waals surface area contributed by atoms with Crippen LogP contribution in [-0.2, 0) is 9.59 Å². The minimum atomic E-state index is 0.00678. The van der Waals surface area contributed by atoms with Crippen molar-refractivity contribution in [1.82, 2.24) is 0 Å². The second-order valence-corrected chi connectivity index (χ2v) is 14.5. The van der Waals surface area contributed by atoms with Crippen LogP contribution in [0.25, 0.3) is 0 Å². The minimum absolute atomic E-state index is 0.00678. The van der Waals surface area contributed by atoms with Crippen LogP contribution in [0.3, 0.4) is 0 Å². The van der Waals surface area contributed by atoms with E-state index >= 15 is 4.79 Å². The molecule has 0 aromatic heterocycles. The second kappa shape index (κ2) is 7.57. The van der Waals surface area contributed by atoms with Gasteiger partial charge in [0.25, 0.3) is 0 Å². The lowest BCUT2D eigenvalue weighted by atomic mass is 9.33. The maximum absolute atomic E-state index is 15.0. The maximum Gasteiger partial charge on any atom is 0.141 e. The molecule has 0 saturated heterocycles. The van der Waals surface area contributed by atoms with Crippen molar-refractivity contribution in [3.63, 3.8) is 0 Å². The largest absolute Gasteiger partial charge is 0.299 e. The van der Waals surface area contributed by atoms with Crippen LogP contribution in [0.2, 0.25) is 0 Å². The molecule has 0 amide bonds. The first-order chi connectivity index (χ1) is 17.8. The normalized spacial score (nSPS) is 57.7. The van der Waals surface area contributed by atoms with Crippen LogP contribution < -0.4 is 0 Å². The molecule has 36 heavy (non-hydrogen) atoms. The molecule has 11 rings (SSSR count). The van der Waals surface area contributed by atoms with Gasteiger partial charge in [0.1, 0.15) is 11.6 Å². The summed E-state index contributed by atoms with van der Waals surface area (Å²) in [4.78, 5) is 30.0. The molecule has 0 N–H and O–H groups in total. The Morgan fingerprint density at radius 1 is 0.528 bits per heavy atom. The molecule has 2 heteroatoms. The smallest absolute Gasteiger partial charge is 0.141 e. The molecule has 0 aromatic rings. The molecule has 11 aliphatic rings. The average Bonchev–Trinajstić information content (AvgIpc) is 2.95. The van der Waals surface area contributed by atoms with Gasteiger partial charge >= 0.3 is 0 Å². The molecule has 8 fully saturated rings. The molecular formula is C34H42O2. The number of ketones is 2. The molecule has 0 spiro atoms. The van der Waals surface area contributed by atoms with Gasteiger partial charge in [0, 0.05) is 23.7 Å². The summed E-state index contributed by atoms with van der Waals surface area (Å²) in [5, 5.41) is 0. The zero-order valence-electron chi connectivity index (χ0n) is 21.6. The summed E-state index contributed by atoms with van der Waals surface area (Å²) < 4.78 is 0. The fourth-order valence-corrected chi connectivity index (χ4v) is 13.3. The van der Waals surface area contributed by atoms with E-state index in [9.17, 15) is 4.79 Å². The Balaban J connectivity index is 1.21. The van der Waals surface area contributed by atoms with E-state index in [0.29, 0.717) is 70.7 Å². The van der Waals surface area contributed by atoms with Crippen LogP contribution >= 0.6 is 0 Å². The lowest BCUT2D eigenvalue weighted by molar-refractivity contribution is -0.204. The lowest BCUT2D eigenvalue weighted by Crippen LogP contribution is -2.71. The average molecular weight is 483 g/mol. The standard InChI is InChI=1S/C34H42O2/c35-33-29-25-17-9-1-2-10-18(17)26(20-12-4-3-11-19(20)25)30(29)34(36)32-28-23-15-7-5-13-21(23)27(31(32)33)22-14-6-8-16-24(22)28/h1,7,9,11,15,17-18,20-32H,2-6,8,10,12-14,16H2. The van der Waals surface area contributed by atoms with Crippen LogP contribution in [0.1, 0.15) is 70.6 Å². The van der Waals surface area contributed by atoms with Crippen molar-refractivity contribution in [1.29, 1.82) is 0 Å². The molecule has 8 saturated carbocycles. The Labute approximate surface area is 216 Å². The minimum Gasteiger partial charge on any atom is -0.299 e. The number of Topliss-reactive ketones (excluding diaryl/α,β-unsaturated/α-hetero) is 2. The van der Waals surface area contributed by atoms with E-state index < -0.39 is 0 Å². The summed E-state index contributed by atoms with van der Waals surface area (Å²) in [6.45, 7) is 0. The van der Waals surface area contributed by atoms with Crippen molar-refractivity contribution in [2.45, 2.75) is 70.6 Å². The first kappa shape index (κ1) is 21.5. The molecule has 0 aliphatic heterocycles. The quantitative estimate of drug-likeness (QED) is 0.355. The summed E-state index contributed by atoms with van der Waals surface area (Å²) in [5.74, 6) is 7.53. The summed E-state index contributed by atoms with van der Waals surface area (Å²) in [7, 11) is 0. The Morgan fingerprint density at radius 2 is 1.17 bits per heavy atom. The molecule has 0 heterocycles. The number of carbonyl (C=O) groups is 2. The van der Waals surface area contributed by atoms with Gasteiger partial charge in [0.15, 0.2) is 0 Å². The van der Waals surface area contributed by atoms with Crippen molar-refractivity contribution >= 4 is 11.6 Å². The highest BCUT2D eigenvalue weighted by atomic mass is 16.1. The predicted octanol–water partition coefficient (Wildman–Crippen LogP) is 6.82. The molecule has 11 aliphatic carbocycles. The number of rotatable bonds is 0. The molecule has 2 nitrogen and oxygen atoms in total. The highest BCUT2D eigenvalue weighted by Gasteiger charge is 2.72.